The zero-order valence-electron chi connectivity index (χ0n) is 14.4. The summed E-state index contributed by atoms with van der Waals surface area (Å²) in [6.07, 6.45) is -1.14. The van der Waals surface area contributed by atoms with Gasteiger partial charge in [0.2, 0.25) is 5.91 Å². The zero-order valence-corrected chi connectivity index (χ0v) is 14.4. The number of halogens is 3. The Hall–Kier alpha value is -2.84. The van der Waals surface area contributed by atoms with Crippen molar-refractivity contribution < 1.29 is 32.3 Å². The average molecular weight is 384 g/mol. The molecule has 2 rings (SSSR count). The van der Waals surface area contributed by atoms with Crippen LogP contribution in [0.1, 0.15) is 24.0 Å². The molecule has 6 nitrogen and oxygen atoms in total. The van der Waals surface area contributed by atoms with E-state index in [0.29, 0.717) is 31.5 Å². The molecule has 27 heavy (non-hydrogen) atoms. The lowest BCUT2D eigenvalue weighted by Crippen LogP contribution is -2.43. The number of ether oxygens (including phenoxy) is 1. The van der Waals surface area contributed by atoms with Gasteiger partial charge in [0.25, 0.3) is 5.91 Å². The molecule has 1 aliphatic rings. The van der Waals surface area contributed by atoms with Gasteiger partial charge in [-0.2, -0.15) is 13.2 Å². The standard InChI is InChI=1S/C18H19F3N2O4/c19-18(20,21)14-4-1-12(2-5-14)3-6-16(25)27-11-15(24)23-9-7-13(8-10-23)17(22)26/h1-6,13H,7-11H2,(H2,22,26)/b6-3+. The first-order valence-corrected chi connectivity index (χ1v) is 8.26. The molecule has 1 aromatic carbocycles. The van der Waals surface area contributed by atoms with Crippen molar-refractivity contribution in [1.82, 2.24) is 4.90 Å². The summed E-state index contributed by atoms with van der Waals surface area (Å²) in [4.78, 5) is 36.2. The largest absolute Gasteiger partial charge is 0.452 e. The Labute approximate surface area is 153 Å². The molecule has 0 aromatic heterocycles. The molecular formula is C18H19F3N2O4. The van der Waals surface area contributed by atoms with Gasteiger partial charge < -0.3 is 15.4 Å². The van der Waals surface area contributed by atoms with Gasteiger partial charge >= 0.3 is 12.1 Å². The number of carbonyl (C=O) groups is 3. The SMILES string of the molecule is NC(=O)C1CCN(C(=O)COC(=O)/C=C/c2ccc(C(F)(F)F)cc2)CC1. The number of nitrogens with two attached hydrogens (primary N) is 1. The van der Waals surface area contributed by atoms with Crippen molar-refractivity contribution in [2.45, 2.75) is 19.0 Å². The summed E-state index contributed by atoms with van der Waals surface area (Å²) in [5.41, 5.74) is 4.83. The van der Waals surface area contributed by atoms with Gasteiger partial charge in [-0.3, -0.25) is 9.59 Å². The van der Waals surface area contributed by atoms with Crippen LogP contribution in [0.4, 0.5) is 13.2 Å². The van der Waals surface area contributed by atoms with E-state index in [1.807, 2.05) is 0 Å². The van der Waals surface area contributed by atoms with E-state index in [-0.39, 0.29) is 17.7 Å². The van der Waals surface area contributed by atoms with Crippen LogP contribution >= 0.6 is 0 Å². The van der Waals surface area contributed by atoms with Crippen molar-refractivity contribution >= 4 is 23.9 Å². The fourth-order valence-corrected chi connectivity index (χ4v) is 2.63. The summed E-state index contributed by atoms with van der Waals surface area (Å²) < 4.78 is 42.3. The summed E-state index contributed by atoms with van der Waals surface area (Å²) >= 11 is 0. The summed E-state index contributed by atoms with van der Waals surface area (Å²) in [5, 5.41) is 0. The van der Waals surface area contributed by atoms with Crippen LogP contribution in [0.25, 0.3) is 6.08 Å². The fraction of sp³-hybridized carbons (Fsp3) is 0.389. The summed E-state index contributed by atoms with van der Waals surface area (Å²) in [5.74, 6) is -1.80. The third-order valence-corrected chi connectivity index (χ3v) is 4.24. The topological polar surface area (TPSA) is 89.7 Å². The Morgan fingerprint density at radius 3 is 2.26 bits per heavy atom. The summed E-state index contributed by atoms with van der Waals surface area (Å²) in [6, 6.07) is 4.26. The van der Waals surface area contributed by atoms with E-state index in [0.717, 1.165) is 18.2 Å². The fourth-order valence-electron chi connectivity index (χ4n) is 2.63. The lowest BCUT2D eigenvalue weighted by Gasteiger charge is -2.30. The second kappa shape index (κ2) is 8.70. The molecule has 0 atom stereocenters. The van der Waals surface area contributed by atoms with Crippen LogP contribution in [0, 0.1) is 5.92 Å². The van der Waals surface area contributed by atoms with Crippen LogP contribution in [-0.2, 0) is 25.3 Å². The monoisotopic (exact) mass is 384 g/mol. The van der Waals surface area contributed by atoms with Crippen molar-refractivity contribution in [3.8, 4) is 0 Å². The molecule has 9 heteroatoms. The molecule has 0 bridgehead atoms. The van der Waals surface area contributed by atoms with E-state index in [1.54, 1.807) is 0 Å². The van der Waals surface area contributed by atoms with E-state index >= 15 is 0 Å². The number of carbonyl (C=O) groups excluding carboxylic acids is 3. The van der Waals surface area contributed by atoms with Crippen molar-refractivity contribution in [2.24, 2.45) is 11.7 Å². The number of benzene rings is 1. The molecule has 1 heterocycles. The van der Waals surface area contributed by atoms with E-state index < -0.39 is 24.3 Å². The highest BCUT2D eigenvalue weighted by Gasteiger charge is 2.30. The molecular weight excluding hydrogens is 365 g/mol. The van der Waals surface area contributed by atoms with Gasteiger partial charge in [-0.15, -0.1) is 0 Å². The van der Waals surface area contributed by atoms with Gasteiger partial charge in [0, 0.05) is 25.1 Å². The van der Waals surface area contributed by atoms with Crippen molar-refractivity contribution in [1.29, 1.82) is 0 Å². The van der Waals surface area contributed by atoms with Gasteiger partial charge in [-0.25, -0.2) is 4.79 Å². The number of esters is 1. The molecule has 0 spiro atoms. The highest BCUT2D eigenvalue weighted by Crippen LogP contribution is 2.29. The van der Waals surface area contributed by atoms with E-state index in [1.165, 1.54) is 23.1 Å². The number of piperidine rings is 1. The van der Waals surface area contributed by atoms with Crippen LogP contribution in [0.5, 0.6) is 0 Å². The van der Waals surface area contributed by atoms with Gasteiger partial charge in [0.05, 0.1) is 5.56 Å². The molecule has 1 fully saturated rings. The minimum absolute atomic E-state index is 0.247. The third kappa shape index (κ3) is 6.12. The number of hydrogen-bond acceptors (Lipinski definition) is 4. The number of nitrogens with zero attached hydrogens (tertiary/aromatic N) is 1. The quantitative estimate of drug-likeness (QED) is 0.621. The molecule has 2 N–H and O–H groups in total. The summed E-state index contributed by atoms with van der Waals surface area (Å²) in [6.45, 7) is 0.286. The van der Waals surface area contributed by atoms with Crippen LogP contribution < -0.4 is 5.73 Å². The minimum Gasteiger partial charge on any atom is -0.452 e. The lowest BCUT2D eigenvalue weighted by atomic mass is 9.96. The van der Waals surface area contributed by atoms with E-state index in [4.69, 9.17) is 10.5 Å². The maximum atomic E-state index is 12.5. The summed E-state index contributed by atoms with van der Waals surface area (Å²) in [7, 11) is 0. The molecule has 1 aromatic rings. The van der Waals surface area contributed by atoms with Crippen molar-refractivity contribution in [3.63, 3.8) is 0 Å². The van der Waals surface area contributed by atoms with E-state index in [2.05, 4.69) is 0 Å². The van der Waals surface area contributed by atoms with Crippen molar-refractivity contribution in [2.75, 3.05) is 19.7 Å². The van der Waals surface area contributed by atoms with Crippen LogP contribution in [0.3, 0.4) is 0 Å². The molecule has 2 amide bonds. The molecule has 0 aliphatic carbocycles. The van der Waals surface area contributed by atoms with Gasteiger partial charge in [-0.1, -0.05) is 12.1 Å². The number of alkyl halides is 3. The predicted molar refractivity (Wildman–Crippen MR) is 89.9 cm³/mol. The highest BCUT2D eigenvalue weighted by atomic mass is 19.4. The molecule has 0 radical (unpaired) electrons. The normalized spacial score (nSPS) is 15.7. The van der Waals surface area contributed by atoms with Gasteiger partial charge in [0.1, 0.15) is 0 Å². The first-order chi connectivity index (χ1) is 12.7. The number of likely N-dealkylation sites (tertiary alicyclic amines) is 1. The third-order valence-electron chi connectivity index (χ3n) is 4.24. The van der Waals surface area contributed by atoms with Crippen molar-refractivity contribution in [3.05, 3.63) is 41.5 Å². The maximum Gasteiger partial charge on any atom is 0.416 e. The van der Waals surface area contributed by atoms with Crippen LogP contribution in [-0.4, -0.2) is 42.4 Å². The molecule has 1 saturated heterocycles. The highest BCUT2D eigenvalue weighted by molar-refractivity contribution is 5.89. The molecule has 146 valence electrons. The number of rotatable bonds is 5. The van der Waals surface area contributed by atoms with Crippen LogP contribution in [0.15, 0.2) is 30.3 Å². The second-order valence-corrected chi connectivity index (χ2v) is 6.12. The number of primary amides is 1. The minimum atomic E-state index is -4.42. The first-order valence-electron chi connectivity index (χ1n) is 8.26. The Balaban J connectivity index is 1.78. The Morgan fingerprint density at radius 1 is 1.15 bits per heavy atom. The Bertz CT molecular complexity index is 721. The van der Waals surface area contributed by atoms with Gasteiger partial charge in [-0.05, 0) is 36.6 Å². The van der Waals surface area contributed by atoms with Gasteiger partial charge in [0.15, 0.2) is 6.61 Å². The maximum absolute atomic E-state index is 12.5. The molecule has 1 aliphatic heterocycles. The lowest BCUT2D eigenvalue weighted by molar-refractivity contribution is -0.149. The average Bonchev–Trinajstić information content (AvgIpc) is 2.64. The number of hydrogen-bond donors (Lipinski definition) is 1. The second-order valence-electron chi connectivity index (χ2n) is 6.12. The van der Waals surface area contributed by atoms with E-state index in [9.17, 15) is 27.6 Å². The molecule has 0 unspecified atom stereocenters. The first kappa shape index (κ1) is 20.5. The smallest absolute Gasteiger partial charge is 0.416 e. The number of amides is 2. The zero-order chi connectivity index (χ0) is 20.0. The molecule has 0 saturated carbocycles. The predicted octanol–water partition coefficient (Wildman–Crippen LogP) is 1.99. The Morgan fingerprint density at radius 2 is 1.74 bits per heavy atom. The Kier molecular flexibility index (Phi) is 6.59. The van der Waals surface area contributed by atoms with Crippen LogP contribution in [0.2, 0.25) is 0 Å².